The molecule has 3 heteroatoms. The lowest BCUT2D eigenvalue weighted by molar-refractivity contribution is 0.276. The molecule has 0 rings (SSSR count). The number of nitrogens with one attached hydrogen (secondary N) is 1. The number of hydrogen-bond donors (Lipinski definition) is 2. The second-order valence-corrected chi connectivity index (χ2v) is 3.34. The zero-order valence-electron chi connectivity index (χ0n) is 8.42. The highest BCUT2D eigenvalue weighted by atomic mass is 16.2. The predicted molar refractivity (Wildman–Crippen MR) is 53.2 cm³/mol. The highest BCUT2D eigenvalue weighted by Gasteiger charge is 1.98. The highest BCUT2D eigenvalue weighted by Crippen LogP contribution is 1.97. The average molecular weight is 184 g/mol. The number of aliphatic hydroxyl groups excluding tert-OH is 1. The Morgan fingerprint density at radius 1 is 1.38 bits per heavy atom. The molecule has 1 unspecified atom stereocenters. The molecule has 0 aromatic heterocycles. The van der Waals surface area contributed by atoms with E-state index in [9.17, 15) is 0 Å². The van der Waals surface area contributed by atoms with E-state index >= 15 is 0 Å². The number of aliphatic hydroxyl groups is 1. The van der Waals surface area contributed by atoms with Crippen LogP contribution in [0.25, 0.3) is 0 Å². The van der Waals surface area contributed by atoms with Crippen molar-refractivity contribution >= 4 is 0 Å². The molecule has 0 bridgehead atoms. The first kappa shape index (κ1) is 12.4. The smallest absolute Gasteiger partial charge is 0.0621 e. The molecule has 0 fully saturated rings. The standard InChI is InChI=1S/C10H20N2O/c1-10(6-5-9-13)12-8-4-2-3-7-11/h10,12-13H,2-6,8-9H2,1H3. The molecule has 13 heavy (non-hydrogen) atoms. The van der Waals surface area contributed by atoms with E-state index in [1.165, 1.54) is 0 Å². The monoisotopic (exact) mass is 184 g/mol. The van der Waals surface area contributed by atoms with Crippen molar-refractivity contribution in [3.8, 4) is 6.07 Å². The minimum absolute atomic E-state index is 0.278. The van der Waals surface area contributed by atoms with Crippen LogP contribution in [-0.2, 0) is 0 Å². The average Bonchev–Trinajstić information content (AvgIpc) is 2.14. The number of nitriles is 1. The first-order chi connectivity index (χ1) is 6.31. The van der Waals surface area contributed by atoms with E-state index in [4.69, 9.17) is 10.4 Å². The second-order valence-electron chi connectivity index (χ2n) is 3.34. The summed E-state index contributed by atoms with van der Waals surface area (Å²) in [4.78, 5) is 0. The van der Waals surface area contributed by atoms with Gasteiger partial charge in [0, 0.05) is 19.1 Å². The van der Waals surface area contributed by atoms with Crippen LogP contribution >= 0.6 is 0 Å². The van der Waals surface area contributed by atoms with Gasteiger partial charge in [0.25, 0.3) is 0 Å². The zero-order chi connectivity index (χ0) is 9.94. The summed E-state index contributed by atoms with van der Waals surface area (Å²) in [5.41, 5.74) is 0. The van der Waals surface area contributed by atoms with Gasteiger partial charge >= 0.3 is 0 Å². The fourth-order valence-corrected chi connectivity index (χ4v) is 1.18. The van der Waals surface area contributed by atoms with Crippen molar-refractivity contribution in [2.45, 2.75) is 45.1 Å². The second kappa shape index (κ2) is 9.50. The fourth-order valence-electron chi connectivity index (χ4n) is 1.18. The van der Waals surface area contributed by atoms with Crippen LogP contribution in [0.1, 0.15) is 39.0 Å². The van der Waals surface area contributed by atoms with E-state index in [0.29, 0.717) is 12.5 Å². The maximum Gasteiger partial charge on any atom is 0.0621 e. The molecule has 0 radical (unpaired) electrons. The lowest BCUT2D eigenvalue weighted by Crippen LogP contribution is -2.27. The van der Waals surface area contributed by atoms with Crippen molar-refractivity contribution in [1.82, 2.24) is 5.32 Å². The lowest BCUT2D eigenvalue weighted by atomic mass is 10.2. The van der Waals surface area contributed by atoms with Gasteiger partial charge in [-0.3, -0.25) is 0 Å². The topological polar surface area (TPSA) is 56.0 Å². The van der Waals surface area contributed by atoms with Gasteiger partial charge in [0.2, 0.25) is 0 Å². The van der Waals surface area contributed by atoms with E-state index in [1.54, 1.807) is 0 Å². The summed E-state index contributed by atoms with van der Waals surface area (Å²) >= 11 is 0. The Bertz CT molecular complexity index is 142. The van der Waals surface area contributed by atoms with Crippen LogP contribution in [-0.4, -0.2) is 24.3 Å². The third kappa shape index (κ3) is 9.32. The van der Waals surface area contributed by atoms with Gasteiger partial charge in [0.1, 0.15) is 0 Å². The molecule has 0 saturated carbocycles. The van der Waals surface area contributed by atoms with Crippen LogP contribution in [0.4, 0.5) is 0 Å². The molecule has 2 N–H and O–H groups in total. The quantitative estimate of drug-likeness (QED) is 0.561. The number of nitrogens with zero attached hydrogens (tertiary/aromatic N) is 1. The fraction of sp³-hybridized carbons (Fsp3) is 0.900. The highest BCUT2D eigenvalue weighted by molar-refractivity contribution is 4.69. The first-order valence-electron chi connectivity index (χ1n) is 5.02. The SMILES string of the molecule is CC(CCCO)NCCCCC#N. The Balaban J connectivity index is 3.08. The minimum Gasteiger partial charge on any atom is -0.396 e. The molecule has 0 aromatic carbocycles. The summed E-state index contributed by atoms with van der Waals surface area (Å²) in [6.07, 6.45) is 4.60. The summed E-state index contributed by atoms with van der Waals surface area (Å²) < 4.78 is 0. The third-order valence-electron chi connectivity index (χ3n) is 2.00. The van der Waals surface area contributed by atoms with E-state index in [1.807, 2.05) is 0 Å². The van der Waals surface area contributed by atoms with Gasteiger partial charge in [-0.15, -0.1) is 0 Å². The molecule has 0 saturated heterocycles. The van der Waals surface area contributed by atoms with Crippen LogP contribution in [0, 0.1) is 11.3 Å². The summed E-state index contributed by atoms with van der Waals surface area (Å²) in [7, 11) is 0. The van der Waals surface area contributed by atoms with Crippen molar-refractivity contribution < 1.29 is 5.11 Å². The molecule has 0 aliphatic rings. The summed E-state index contributed by atoms with van der Waals surface area (Å²) in [5.74, 6) is 0. The normalized spacial score (nSPS) is 12.4. The molecule has 0 aliphatic carbocycles. The van der Waals surface area contributed by atoms with Gasteiger partial charge in [-0.2, -0.15) is 5.26 Å². The molecule has 0 aromatic rings. The lowest BCUT2D eigenvalue weighted by Gasteiger charge is -2.12. The third-order valence-corrected chi connectivity index (χ3v) is 2.00. The van der Waals surface area contributed by atoms with Crippen molar-refractivity contribution in [3.63, 3.8) is 0 Å². The van der Waals surface area contributed by atoms with Gasteiger partial charge in [0.05, 0.1) is 6.07 Å². The van der Waals surface area contributed by atoms with E-state index < -0.39 is 0 Å². The largest absolute Gasteiger partial charge is 0.396 e. The molecule has 0 aliphatic heterocycles. The molecule has 1 atom stereocenters. The number of unbranched alkanes of at least 4 members (excludes halogenated alkanes) is 2. The van der Waals surface area contributed by atoms with Gasteiger partial charge in [-0.25, -0.2) is 0 Å². The van der Waals surface area contributed by atoms with E-state index in [-0.39, 0.29) is 6.61 Å². The van der Waals surface area contributed by atoms with Gasteiger partial charge in [-0.1, -0.05) is 0 Å². The Morgan fingerprint density at radius 2 is 2.15 bits per heavy atom. The van der Waals surface area contributed by atoms with Crippen LogP contribution in [0.3, 0.4) is 0 Å². The molecule has 0 heterocycles. The zero-order valence-corrected chi connectivity index (χ0v) is 8.42. The molecule has 0 spiro atoms. The van der Waals surface area contributed by atoms with Gasteiger partial charge < -0.3 is 10.4 Å². The van der Waals surface area contributed by atoms with Crippen LogP contribution in [0.15, 0.2) is 0 Å². The van der Waals surface area contributed by atoms with Crippen molar-refractivity contribution in [2.75, 3.05) is 13.2 Å². The Hall–Kier alpha value is -0.590. The molecule has 3 nitrogen and oxygen atoms in total. The van der Waals surface area contributed by atoms with Gasteiger partial charge in [0.15, 0.2) is 0 Å². The number of hydrogen-bond acceptors (Lipinski definition) is 3. The summed E-state index contributed by atoms with van der Waals surface area (Å²) in [6.45, 7) is 3.38. The van der Waals surface area contributed by atoms with Crippen LogP contribution in [0.2, 0.25) is 0 Å². The molecular formula is C10H20N2O. The first-order valence-corrected chi connectivity index (χ1v) is 5.02. The van der Waals surface area contributed by atoms with Crippen molar-refractivity contribution in [2.24, 2.45) is 0 Å². The molecule has 76 valence electrons. The minimum atomic E-state index is 0.278. The Labute approximate surface area is 80.8 Å². The maximum absolute atomic E-state index is 8.59. The van der Waals surface area contributed by atoms with Crippen LogP contribution in [0.5, 0.6) is 0 Å². The maximum atomic E-state index is 8.59. The predicted octanol–water partition coefficient (Wildman–Crippen LogP) is 1.43. The van der Waals surface area contributed by atoms with Crippen molar-refractivity contribution in [1.29, 1.82) is 5.26 Å². The Morgan fingerprint density at radius 3 is 2.77 bits per heavy atom. The van der Waals surface area contributed by atoms with Gasteiger partial charge in [-0.05, 0) is 39.2 Å². The van der Waals surface area contributed by atoms with Crippen LogP contribution < -0.4 is 5.32 Å². The van der Waals surface area contributed by atoms with E-state index in [0.717, 1.165) is 32.2 Å². The summed E-state index contributed by atoms with van der Waals surface area (Å²) in [6, 6.07) is 2.61. The molecular weight excluding hydrogens is 164 g/mol. The Kier molecular flexibility index (Phi) is 9.07. The van der Waals surface area contributed by atoms with E-state index in [2.05, 4.69) is 18.3 Å². The summed E-state index contributed by atoms with van der Waals surface area (Å²) in [5, 5.41) is 20.2. The molecule has 0 amide bonds. The van der Waals surface area contributed by atoms with Crippen molar-refractivity contribution in [3.05, 3.63) is 0 Å². The number of rotatable bonds is 8.